The molecule has 0 spiro atoms. The summed E-state index contributed by atoms with van der Waals surface area (Å²) in [4.78, 5) is 27.7. The molecule has 1 aromatic heterocycles. The topological polar surface area (TPSA) is 126 Å². The lowest BCUT2D eigenvalue weighted by Gasteiger charge is -2.19. The number of halogens is 3. The Hall–Kier alpha value is -3.10. The van der Waals surface area contributed by atoms with Crippen LogP contribution in [0.1, 0.15) is 15.9 Å². The van der Waals surface area contributed by atoms with Crippen LogP contribution in [0, 0.1) is 5.82 Å². The fourth-order valence-corrected chi connectivity index (χ4v) is 3.44. The first kappa shape index (κ1) is 20.6. The maximum atomic E-state index is 13.4. The molecule has 1 heterocycles. The van der Waals surface area contributed by atoms with Crippen molar-refractivity contribution < 1.29 is 24.2 Å². The van der Waals surface area contributed by atoms with Gasteiger partial charge >= 0.3 is 11.9 Å². The van der Waals surface area contributed by atoms with Gasteiger partial charge in [-0.05, 0) is 29.8 Å². The first-order chi connectivity index (χ1) is 13.7. The molecule has 3 rings (SSSR count). The Kier molecular flexibility index (Phi) is 5.76. The first-order valence-corrected chi connectivity index (χ1v) is 8.98. The van der Waals surface area contributed by atoms with Crippen LogP contribution in [0.25, 0.3) is 10.9 Å². The summed E-state index contributed by atoms with van der Waals surface area (Å²) in [5.74, 6) is -3.48. The van der Waals surface area contributed by atoms with Crippen molar-refractivity contribution in [2.45, 2.75) is 12.5 Å². The largest absolute Gasteiger partial charge is 0.480 e. The van der Waals surface area contributed by atoms with E-state index in [1.807, 2.05) is 0 Å². The Bertz CT molecular complexity index is 1140. The number of aromatic nitrogens is 1. The van der Waals surface area contributed by atoms with Crippen molar-refractivity contribution in [1.82, 2.24) is 4.98 Å². The van der Waals surface area contributed by atoms with Crippen LogP contribution in [0.2, 0.25) is 10.0 Å². The fraction of sp³-hybridized carbons (Fsp3) is 0.105. The molecule has 7 nitrogen and oxygen atoms in total. The Labute approximate surface area is 173 Å². The van der Waals surface area contributed by atoms with Crippen LogP contribution in [-0.4, -0.2) is 33.2 Å². The number of nitrogens with one attached hydrogen (secondary N) is 1. The second-order valence-corrected chi connectivity index (χ2v) is 7.05. The summed E-state index contributed by atoms with van der Waals surface area (Å²) in [6.07, 6.45) is -0.125. The quantitative estimate of drug-likeness (QED) is 0.457. The highest BCUT2D eigenvalue weighted by Crippen LogP contribution is 2.35. The molecule has 0 aliphatic heterocycles. The molecule has 0 fully saturated rings. The van der Waals surface area contributed by atoms with Crippen LogP contribution in [0.3, 0.4) is 0 Å². The van der Waals surface area contributed by atoms with Crippen LogP contribution >= 0.6 is 23.2 Å². The zero-order chi connectivity index (χ0) is 21.3. The number of aliphatic carboxylic acids is 1. The Morgan fingerprint density at radius 2 is 1.93 bits per heavy atom. The van der Waals surface area contributed by atoms with E-state index in [-0.39, 0.29) is 38.9 Å². The molecule has 0 saturated heterocycles. The number of carboxylic acids is 2. The monoisotopic (exact) mass is 437 g/mol. The maximum Gasteiger partial charge on any atom is 0.341 e. The molecule has 0 saturated carbocycles. The number of carboxylic acid groups (broad SMARTS) is 2. The molecule has 5 N–H and O–H groups in total. The van der Waals surface area contributed by atoms with Gasteiger partial charge in [0.05, 0.1) is 16.2 Å². The number of hydrogen-bond donors (Lipinski definition) is 4. The van der Waals surface area contributed by atoms with E-state index in [9.17, 15) is 24.2 Å². The number of benzene rings is 2. The Morgan fingerprint density at radius 3 is 2.55 bits per heavy atom. The molecule has 0 bridgehead atoms. The van der Waals surface area contributed by atoms with Gasteiger partial charge in [0.2, 0.25) is 0 Å². The lowest BCUT2D eigenvalue weighted by Crippen LogP contribution is -2.33. The number of nitrogen functional groups attached to an aromatic ring is 1. The molecule has 0 aliphatic carbocycles. The van der Waals surface area contributed by atoms with Crippen molar-refractivity contribution >= 4 is 57.5 Å². The number of fused-ring (bicyclic) bond motifs is 1. The lowest BCUT2D eigenvalue weighted by atomic mass is 10.0. The van der Waals surface area contributed by atoms with E-state index in [0.29, 0.717) is 5.56 Å². The zero-order valence-corrected chi connectivity index (χ0v) is 16.1. The summed E-state index contributed by atoms with van der Waals surface area (Å²) in [5.41, 5.74) is 6.00. The van der Waals surface area contributed by atoms with Gasteiger partial charge in [-0.1, -0.05) is 35.3 Å². The van der Waals surface area contributed by atoms with Crippen molar-refractivity contribution in [2.75, 3.05) is 11.1 Å². The van der Waals surface area contributed by atoms with E-state index in [1.54, 1.807) is 6.07 Å². The van der Waals surface area contributed by atoms with Gasteiger partial charge in [0, 0.05) is 16.8 Å². The first-order valence-electron chi connectivity index (χ1n) is 8.22. The molecule has 0 radical (unpaired) electrons. The molecule has 10 heteroatoms. The van der Waals surface area contributed by atoms with Gasteiger partial charge in [0.15, 0.2) is 0 Å². The van der Waals surface area contributed by atoms with Crippen molar-refractivity contribution in [3.8, 4) is 0 Å². The van der Waals surface area contributed by atoms with Gasteiger partial charge in [-0.25, -0.2) is 19.0 Å². The molecule has 2 aromatic carbocycles. The predicted molar refractivity (Wildman–Crippen MR) is 108 cm³/mol. The zero-order valence-electron chi connectivity index (χ0n) is 14.6. The summed E-state index contributed by atoms with van der Waals surface area (Å²) in [6.45, 7) is 0. The molecule has 150 valence electrons. The second-order valence-electron chi connectivity index (χ2n) is 6.21. The summed E-state index contributed by atoms with van der Waals surface area (Å²) < 4.78 is 13.4. The Balaban J connectivity index is 2.10. The van der Waals surface area contributed by atoms with Gasteiger partial charge in [-0.3, -0.25) is 0 Å². The van der Waals surface area contributed by atoms with Crippen molar-refractivity contribution in [1.29, 1.82) is 0 Å². The summed E-state index contributed by atoms with van der Waals surface area (Å²) in [7, 11) is 0. The van der Waals surface area contributed by atoms with E-state index in [0.717, 1.165) is 0 Å². The second kappa shape index (κ2) is 8.10. The van der Waals surface area contributed by atoms with Gasteiger partial charge < -0.3 is 21.3 Å². The molecule has 0 amide bonds. The minimum atomic E-state index is -1.41. The number of aromatic carboxylic acids is 1. The number of rotatable bonds is 6. The van der Waals surface area contributed by atoms with Gasteiger partial charge in [0.25, 0.3) is 0 Å². The average Bonchev–Trinajstić information content (AvgIpc) is 2.62. The maximum absolute atomic E-state index is 13.4. The van der Waals surface area contributed by atoms with Gasteiger partial charge in [-0.2, -0.15) is 0 Å². The van der Waals surface area contributed by atoms with Crippen LogP contribution in [-0.2, 0) is 11.2 Å². The number of anilines is 2. The molecular formula is C19H14Cl2FN3O4. The number of hydrogen-bond acceptors (Lipinski definition) is 5. The minimum absolute atomic E-state index is 0.121. The fourth-order valence-electron chi connectivity index (χ4n) is 2.90. The molecule has 1 unspecified atom stereocenters. The number of pyridine rings is 1. The molecule has 0 aliphatic rings. The van der Waals surface area contributed by atoms with Crippen LogP contribution in [0.5, 0.6) is 0 Å². The van der Waals surface area contributed by atoms with E-state index >= 15 is 0 Å². The standard InChI is InChI=1S/C19H14Cl2FN3O4/c20-9-6-11-15(23)14(19(28)29)17(25-16(11)12(21)7-9)24-13(18(26)27)5-8-2-1-3-10(22)4-8/h1-4,6-7,13H,5H2,(H,26,27)(H,28,29)(H3,23,24,25). The third-order valence-corrected chi connectivity index (χ3v) is 4.71. The van der Waals surface area contributed by atoms with Crippen molar-refractivity contribution in [3.63, 3.8) is 0 Å². The van der Waals surface area contributed by atoms with Crippen LogP contribution in [0.15, 0.2) is 36.4 Å². The van der Waals surface area contributed by atoms with Crippen molar-refractivity contribution in [3.05, 3.63) is 63.4 Å². The molecule has 1 atom stereocenters. The van der Waals surface area contributed by atoms with E-state index in [4.69, 9.17) is 28.9 Å². The normalized spacial score (nSPS) is 12.0. The number of nitrogens with two attached hydrogens (primary N) is 1. The summed E-state index contributed by atoms with van der Waals surface area (Å²) in [6, 6.07) is 6.95. The summed E-state index contributed by atoms with van der Waals surface area (Å²) >= 11 is 12.1. The highest BCUT2D eigenvalue weighted by atomic mass is 35.5. The predicted octanol–water partition coefficient (Wildman–Crippen LogP) is 4.07. The van der Waals surface area contributed by atoms with Gasteiger partial charge in [-0.15, -0.1) is 0 Å². The highest BCUT2D eigenvalue weighted by molar-refractivity contribution is 6.39. The molecule has 3 aromatic rings. The van der Waals surface area contributed by atoms with Crippen LogP contribution in [0.4, 0.5) is 15.9 Å². The number of nitrogens with zero attached hydrogens (tertiary/aromatic N) is 1. The van der Waals surface area contributed by atoms with Crippen LogP contribution < -0.4 is 11.1 Å². The highest BCUT2D eigenvalue weighted by Gasteiger charge is 2.25. The average molecular weight is 438 g/mol. The third-order valence-electron chi connectivity index (χ3n) is 4.20. The number of carbonyl (C=O) groups is 2. The van der Waals surface area contributed by atoms with Gasteiger partial charge in [0.1, 0.15) is 23.2 Å². The molecular weight excluding hydrogens is 424 g/mol. The van der Waals surface area contributed by atoms with E-state index in [1.165, 1.54) is 30.3 Å². The van der Waals surface area contributed by atoms with E-state index < -0.39 is 29.4 Å². The Morgan fingerprint density at radius 1 is 1.21 bits per heavy atom. The SMILES string of the molecule is Nc1c(C(=O)O)c(NC(Cc2cccc(F)c2)C(=O)O)nc2c(Cl)cc(Cl)cc12. The lowest BCUT2D eigenvalue weighted by molar-refractivity contribution is -0.137. The van der Waals surface area contributed by atoms with E-state index in [2.05, 4.69) is 10.3 Å². The molecule has 29 heavy (non-hydrogen) atoms. The minimum Gasteiger partial charge on any atom is -0.480 e. The smallest absolute Gasteiger partial charge is 0.341 e. The van der Waals surface area contributed by atoms with Crippen molar-refractivity contribution in [2.24, 2.45) is 0 Å². The third kappa shape index (κ3) is 4.33. The summed E-state index contributed by atoms with van der Waals surface area (Å²) in [5, 5.41) is 22.3.